The fraction of sp³-hybridized carbons (Fsp3) is 0.263. The molecule has 0 heterocycles. The van der Waals surface area contributed by atoms with Crippen molar-refractivity contribution < 1.29 is 18.7 Å². The number of nitrogens with zero attached hydrogens (tertiary/aromatic N) is 1. The van der Waals surface area contributed by atoms with Gasteiger partial charge in [0.15, 0.2) is 6.61 Å². The topological polar surface area (TPSA) is 58.6 Å². The molecule has 0 aliphatic carbocycles. The quantitative estimate of drug-likeness (QED) is 0.837. The van der Waals surface area contributed by atoms with Crippen LogP contribution in [0.1, 0.15) is 28.9 Å². The Morgan fingerprint density at radius 1 is 1.23 bits per heavy atom. The van der Waals surface area contributed by atoms with Gasteiger partial charge in [0.2, 0.25) is 0 Å². The van der Waals surface area contributed by atoms with Gasteiger partial charge in [0.1, 0.15) is 11.6 Å². The third kappa shape index (κ3) is 5.20. The van der Waals surface area contributed by atoms with Crippen molar-refractivity contribution in [3.05, 3.63) is 64.4 Å². The van der Waals surface area contributed by atoms with Gasteiger partial charge in [0, 0.05) is 19.7 Å². The number of benzene rings is 2. The van der Waals surface area contributed by atoms with E-state index in [-0.39, 0.29) is 29.5 Å². The zero-order chi connectivity index (χ0) is 19.3. The maximum Gasteiger partial charge on any atom is 0.259 e. The fourth-order valence-corrected chi connectivity index (χ4v) is 2.34. The summed E-state index contributed by atoms with van der Waals surface area (Å²) in [5.41, 5.74) is 1.08. The monoisotopic (exact) mass is 378 g/mol. The first-order valence-electron chi connectivity index (χ1n) is 7.96. The molecule has 2 rings (SSSR count). The van der Waals surface area contributed by atoms with Gasteiger partial charge in [-0.05, 0) is 42.8 Å². The van der Waals surface area contributed by atoms with E-state index in [9.17, 15) is 14.0 Å². The molecule has 5 nitrogen and oxygen atoms in total. The molecule has 26 heavy (non-hydrogen) atoms. The Kier molecular flexibility index (Phi) is 6.58. The second-order valence-corrected chi connectivity index (χ2v) is 6.38. The van der Waals surface area contributed by atoms with Crippen LogP contribution in [0.2, 0.25) is 5.02 Å². The van der Waals surface area contributed by atoms with Crippen molar-refractivity contribution in [2.24, 2.45) is 0 Å². The van der Waals surface area contributed by atoms with Crippen molar-refractivity contribution in [1.82, 2.24) is 10.2 Å². The van der Waals surface area contributed by atoms with Crippen LogP contribution in [0.25, 0.3) is 0 Å². The van der Waals surface area contributed by atoms with Crippen molar-refractivity contribution in [2.75, 3.05) is 20.7 Å². The molecule has 2 aromatic carbocycles. The molecule has 7 heteroatoms. The van der Waals surface area contributed by atoms with E-state index >= 15 is 0 Å². The summed E-state index contributed by atoms with van der Waals surface area (Å²) in [5, 5.41) is 2.82. The largest absolute Gasteiger partial charge is 0.484 e. The molecule has 0 bridgehead atoms. The number of hydrogen-bond acceptors (Lipinski definition) is 3. The number of likely N-dealkylation sites (N-methyl/N-ethyl adjacent to an activating group) is 1. The molecule has 1 N–H and O–H groups in total. The first kappa shape index (κ1) is 19.7. The zero-order valence-corrected chi connectivity index (χ0v) is 15.5. The number of nitrogens with one attached hydrogen (secondary N) is 1. The summed E-state index contributed by atoms with van der Waals surface area (Å²) in [4.78, 5) is 25.4. The molecule has 1 atom stereocenters. The average Bonchev–Trinajstić information content (AvgIpc) is 2.61. The number of carbonyl (C=O) groups excluding carboxylic acids is 2. The summed E-state index contributed by atoms with van der Waals surface area (Å²) in [6.45, 7) is 1.67. The molecule has 0 fully saturated rings. The predicted molar refractivity (Wildman–Crippen MR) is 97.9 cm³/mol. The molecule has 0 spiro atoms. The van der Waals surface area contributed by atoms with Crippen LogP contribution in [-0.2, 0) is 4.79 Å². The Bertz CT molecular complexity index is 811. The number of hydrogen-bond donors (Lipinski definition) is 1. The van der Waals surface area contributed by atoms with Crippen LogP contribution in [0.4, 0.5) is 4.39 Å². The van der Waals surface area contributed by atoms with Crippen LogP contribution in [0.5, 0.6) is 5.75 Å². The van der Waals surface area contributed by atoms with E-state index in [0.29, 0.717) is 16.9 Å². The molecule has 2 aromatic rings. The van der Waals surface area contributed by atoms with Gasteiger partial charge in [0.25, 0.3) is 11.8 Å². The maximum atomic E-state index is 13.3. The van der Waals surface area contributed by atoms with E-state index < -0.39 is 5.82 Å². The van der Waals surface area contributed by atoms with Crippen LogP contribution in [-0.4, -0.2) is 37.4 Å². The highest BCUT2D eigenvalue weighted by Crippen LogP contribution is 2.21. The SMILES string of the molecule is CC(NC(=O)c1cccc(OCC(=O)N(C)C)c1)c1ccc(F)c(Cl)c1. The number of halogens is 2. The molecule has 0 radical (unpaired) electrons. The van der Waals surface area contributed by atoms with Gasteiger partial charge in [-0.1, -0.05) is 23.7 Å². The fourth-order valence-electron chi connectivity index (χ4n) is 2.15. The molecule has 0 aliphatic heterocycles. The molecule has 0 saturated carbocycles. The standard InChI is InChI=1S/C19H20ClFN2O3/c1-12(13-7-8-17(21)16(20)10-13)22-19(25)14-5-4-6-15(9-14)26-11-18(24)23(2)3/h4-10,12H,11H2,1-3H3,(H,22,25). The first-order valence-corrected chi connectivity index (χ1v) is 8.34. The molecule has 0 saturated heterocycles. The summed E-state index contributed by atoms with van der Waals surface area (Å²) < 4.78 is 18.7. The van der Waals surface area contributed by atoms with Crippen molar-refractivity contribution in [3.63, 3.8) is 0 Å². The normalized spacial score (nSPS) is 11.6. The molecule has 0 aliphatic rings. The lowest BCUT2D eigenvalue weighted by atomic mass is 10.1. The van der Waals surface area contributed by atoms with Crippen molar-refractivity contribution in [1.29, 1.82) is 0 Å². The third-order valence-electron chi connectivity index (χ3n) is 3.75. The second kappa shape index (κ2) is 8.67. The van der Waals surface area contributed by atoms with Crippen molar-refractivity contribution >= 4 is 23.4 Å². The van der Waals surface area contributed by atoms with Crippen molar-refractivity contribution in [2.45, 2.75) is 13.0 Å². The zero-order valence-electron chi connectivity index (χ0n) is 14.8. The second-order valence-electron chi connectivity index (χ2n) is 5.97. The predicted octanol–water partition coefficient (Wildman–Crippen LogP) is 3.44. The summed E-state index contributed by atoms with van der Waals surface area (Å²) in [6, 6.07) is 10.5. The summed E-state index contributed by atoms with van der Waals surface area (Å²) in [5.74, 6) is -0.583. The average molecular weight is 379 g/mol. The van der Waals surface area contributed by atoms with E-state index in [1.165, 1.54) is 17.0 Å². The van der Waals surface area contributed by atoms with Crippen molar-refractivity contribution in [3.8, 4) is 5.75 Å². The van der Waals surface area contributed by atoms with Crippen LogP contribution in [0.15, 0.2) is 42.5 Å². The van der Waals surface area contributed by atoms with Gasteiger partial charge >= 0.3 is 0 Å². The van der Waals surface area contributed by atoms with Gasteiger partial charge in [-0.3, -0.25) is 9.59 Å². The minimum atomic E-state index is -0.508. The van der Waals surface area contributed by atoms with Gasteiger partial charge < -0.3 is 15.0 Å². The molecule has 2 amide bonds. The van der Waals surface area contributed by atoms with Gasteiger partial charge in [-0.25, -0.2) is 4.39 Å². The third-order valence-corrected chi connectivity index (χ3v) is 4.04. The lowest BCUT2D eigenvalue weighted by Gasteiger charge is -2.15. The molecular formula is C19H20ClFN2O3. The first-order chi connectivity index (χ1) is 12.3. The lowest BCUT2D eigenvalue weighted by molar-refractivity contribution is -0.130. The number of amides is 2. The van der Waals surface area contributed by atoms with E-state index in [2.05, 4.69) is 5.32 Å². The molecule has 138 valence electrons. The van der Waals surface area contributed by atoms with Gasteiger partial charge in [-0.15, -0.1) is 0 Å². The van der Waals surface area contributed by atoms with E-state index in [4.69, 9.17) is 16.3 Å². The molecule has 1 unspecified atom stereocenters. The minimum absolute atomic E-state index is 0.00422. The highest BCUT2D eigenvalue weighted by Gasteiger charge is 2.14. The van der Waals surface area contributed by atoms with E-state index in [0.717, 1.165) is 0 Å². The lowest BCUT2D eigenvalue weighted by Crippen LogP contribution is -2.28. The summed E-state index contributed by atoms with van der Waals surface area (Å²) in [6.07, 6.45) is 0. The summed E-state index contributed by atoms with van der Waals surface area (Å²) in [7, 11) is 3.28. The Labute approximate surface area is 156 Å². The number of ether oxygens (including phenoxy) is 1. The van der Waals surface area contributed by atoms with Crippen LogP contribution in [0.3, 0.4) is 0 Å². The smallest absolute Gasteiger partial charge is 0.259 e. The van der Waals surface area contributed by atoms with E-state index in [1.807, 2.05) is 0 Å². The summed E-state index contributed by atoms with van der Waals surface area (Å²) >= 11 is 5.78. The van der Waals surface area contributed by atoms with Crippen LogP contribution < -0.4 is 10.1 Å². The van der Waals surface area contributed by atoms with Gasteiger partial charge in [-0.2, -0.15) is 0 Å². The Hall–Kier alpha value is -2.60. The van der Waals surface area contributed by atoms with E-state index in [1.54, 1.807) is 51.4 Å². The molecular weight excluding hydrogens is 359 g/mol. The highest BCUT2D eigenvalue weighted by atomic mass is 35.5. The van der Waals surface area contributed by atoms with Crippen LogP contribution in [0, 0.1) is 5.82 Å². The highest BCUT2D eigenvalue weighted by molar-refractivity contribution is 6.30. The Balaban J connectivity index is 2.03. The number of carbonyl (C=O) groups is 2. The number of rotatable bonds is 6. The minimum Gasteiger partial charge on any atom is -0.484 e. The van der Waals surface area contributed by atoms with Crippen LogP contribution >= 0.6 is 11.6 Å². The Morgan fingerprint density at radius 3 is 2.62 bits per heavy atom. The molecule has 0 aromatic heterocycles. The maximum absolute atomic E-state index is 13.3. The Morgan fingerprint density at radius 2 is 1.96 bits per heavy atom. The van der Waals surface area contributed by atoms with Gasteiger partial charge in [0.05, 0.1) is 11.1 Å².